The summed E-state index contributed by atoms with van der Waals surface area (Å²) < 4.78 is 37.9. The number of aromatic nitrogens is 2. The summed E-state index contributed by atoms with van der Waals surface area (Å²) in [5.74, 6) is 1.13. The molecule has 2 N–H and O–H groups in total. The maximum Gasteiger partial charge on any atom is 0.243 e. The first-order valence-corrected chi connectivity index (χ1v) is 12.4. The summed E-state index contributed by atoms with van der Waals surface area (Å²) in [7, 11) is -3.56. The quantitative estimate of drug-likeness (QED) is 0.534. The van der Waals surface area contributed by atoms with Gasteiger partial charge in [0.05, 0.1) is 31.3 Å². The fourth-order valence-electron chi connectivity index (χ4n) is 3.66. The molecule has 0 bridgehead atoms. The van der Waals surface area contributed by atoms with Gasteiger partial charge in [-0.2, -0.15) is 9.29 Å². The summed E-state index contributed by atoms with van der Waals surface area (Å²) >= 11 is 0. The van der Waals surface area contributed by atoms with E-state index in [0.717, 1.165) is 51.6 Å². The van der Waals surface area contributed by atoms with Crippen LogP contribution in [-0.2, 0) is 19.5 Å². The van der Waals surface area contributed by atoms with E-state index in [1.165, 1.54) is 4.31 Å². The minimum atomic E-state index is -3.56. The van der Waals surface area contributed by atoms with Crippen molar-refractivity contribution in [2.45, 2.75) is 11.3 Å². The molecule has 11 heteroatoms. The highest BCUT2D eigenvalue weighted by atomic mass is 32.2. The van der Waals surface area contributed by atoms with Gasteiger partial charge in [-0.1, -0.05) is 6.07 Å². The second-order valence-corrected chi connectivity index (χ2v) is 9.61. The third-order valence-electron chi connectivity index (χ3n) is 5.41. The topological polar surface area (TPSA) is 109 Å². The molecule has 2 saturated heterocycles. The van der Waals surface area contributed by atoms with Crippen molar-refractivity contribution >= 4 is 27.5 Å². The zero-order chi connectivity index (χ0) is 22.2. The van der Waals surface area contributed by atoms with E-state index in [2.05, 4.69) is 25.5 Å². The smallest absolute Gasteiger partial charge is 0.243 e. The Kier molecular flexibility index (Phi) is 7.87. The van der Waals surface area contributed by atoms with Gasteiger partial charge in [0, 0.05) is 44.6 Å². The van der Waals surface area contributed by atoms with Gasteiger partial charge < -0.3 is 20.1 Å². The van der Waals surface area contributed by atoms with Crippen LogP contribution in [-0.4, -0.2) is 93.3 Å². The number of benzene rings is 1. The highest BCUT2D eigenvalue weighted by Crippen LogP contribution is 2.22. The van der Waals surface area contributed by atoms with Gasteiger partial charge in [-0.3, -0.25) is 4.90 Å². The lowest BCUT2D eigenvalue weighted by Gasteiger charge is -2.26. The predicted octanol–water partition coefficient (Wildman–Crippen LogP) is 1.38. The normalized spacial score (nSPS) is 18.4. The summed E-state index contributed by atoms with van der Waals surface area (Å²) in [6.45, 7) is 6.98. The van der Waals surface area contributed by atoms with Gasteiger partial charge in [-0.05, 0) is 37.2 Å². The Balaban J connectivity index is 1.33. The van der Waals surface area contributed by atoms with Crippen LogP contribution in [0.4, 0.5) is 17.5 Å². The molecule has 0 saturated carbocycles. The van der Waals surface area contributed by atoms with Crippen molar-refractivity contribution in [3.63, 3.8) is 0 Å². The Bertz CT molecular complexity index is 978. The molecule has 0 unspecified atom stereocenters. The maximum absolute atomic E-state index is 12.9. The molecule has 2 aliphatic rings. The largest absolute Gasteiger partial charge is 0.379 e. The molecule has 1 aromatic heterocycles. The molecular formula is C21H30N6O4S. The summed E-state index contributed by atoms with van der Waals surface area (Å²) in [6.07, 6.45) is 2.68. The minimum absolute atomic E-state index is 0.238. The van der Waals surface area contributed by atoms with Crippen LogP contribution in [0.5, 0.6) is 0 Å². The first-order chi connectivity index (χ1) is 15.6. The van der Waals surface area contributed by atoms with E-state index >= 15 is 0 Å². The molecule has 0 spiro atoms. The Morgan fingerprint density at radius 3 is 2.53 bits per heavy atom. The van der Waals surface area contributed by atoms with Crippen LogP contribution in [0.15, 0.2) is 41.4 Å². The molecule has 0 amide bonds. The van der Waals surface area contributed by atoms with Gasteiger partial charge in [0.2, 0.25) is 16.0 Å². The number of hydrogen-bond acceptors (Lipinski definition) is 9. The number of sulfonamides is 1. The number of nitrogens with one attached hydrogen (secondary N) is 2. The van der Waals surface area contributed by atoms with Crippen molar-refractivity contribution in [1.82, 2.24) is 19.2 Å². The average molecular weight is 463 g/mol. The van der Waals surface area contributed by atoms with Crippen LogP contribution in [0.1, 0.15) is 6.42 Å². The standard InChI is InChI=1S/C21H30N6O4S/c28-32(29,27-11-15-31-16-12-27)19-4-1-3-18(17-19)24-21-23-7-5-20(25-21)22-6-2-8-26-9-13-30-14-10-26/h1,3-5,7,17H,2,6,8-16H2,(H2,22,23,24,25). The van der Waals surface area contributed by atoms with Crippen molar-refractivity contribution in [3.05, 3.63) is 36.5 Å². The number of hydrogen-bond donors (Lipinski definition) is 2. The van der Waals surface area contributed by atoms with Crippen LogP contribution in [0.2, 0.25) is 0 Å². The van der Waals surface area contributed by atoms with Gasteiger partial charge in [0.25, 0.3) is 0 Å². The molecule has 2 aromatic rings. The summed E-state index contributed by atoms with van der Waals surface area (Å²) in [6, 6.07) is 8.53. The molecular weight excluding hydrogens is 432 g/mol. The Hall–Kier alpha value is -2.31. The number of nitrogens with zero attached hydrogens (tertiary/aromatic N) is 4. The van der Waals surface area contributed by atoms with Crippen LogP contribution >= 0.6 is 0 Å². The van der Waals surface area contributed by atoms with E-state index < -0.39 is 10.0 Å². The molecule has 2 fully saturated rings. The van der Waals surface area contributed by atoms with E-state index in [9.17, 15) is 8.42 Å². The Morgan fingerprint density at radius 2 is 1.75 bits per heavy atom. The van der Waals surface area contributed by atoms with Gasteiger partial charge in [0.1, 0.15) is 5.82 Å². The molecule has 3 heterocycles. The first-order valence-electron chi connectivity index (χ1n) is 10.9. The van der Waals surface area contributed by atoms with Crippen LogP contribution in [0.25, 0.3) is 0 Å². The third-order valence-corrected chi connectivity index (χ3v) is 7.31. The van der Waals surface area contributed by atoms with Crippen molar-refractivity contribution in [3.8, 4) is 0 Å². The van der Waals surface area contributed by atoms with E-state index in [1.54, 1.807) is 30.5 Å². The van der Waals surface area contributed by atoms with Crippen LogP contribution in [0.3, 0.4) is 0 Å². The molecule has 10 nitrogen and oxygen atoms in total. The SMILES string of the molecule is O=S(=O)(c1cccc(Nc2nccc(NCCCN3CCOCC3)n2)c1)N1CCOCC1. The van der Waals surface area contributed by atoms with Crippen molar-refractivity contribution < 1.29 is 17.9 Å². The van der Waals surface area contributed by atoms with E-state index in [-0.39, 0.29) is 4.90 Å². The molecule has 2 aliphatic heterocycles. The molecule has 174 valence electrons. The van der Waals surface area contributed by atoms with E-state index in [1.807, 2.05) is 6.07 Å². The van der Waals surface area contributed by atoms with Gasteiger partial charge in [-0.25, -0.2) is 13.4 Å². The van der Waals surface area contributed by atoms with E-state index in [0.29, 0.717) is 37.9 Å². The zero-order valence-electron chi connectivity index (χ0n) is 18.1. The number of morpholine rings is 2. The van der Waals surface area contributed by atoms with E-state index in [4.69, 9.17) is 9.47 Å². The third kappa shape index (κ3) is 6.14. The average Bonchev–Trinajstić information content (AvgIpc) is 2.83. The van der Waals surface area contributed by atoms with Crippen LogP contribution in [0, 0.1) is 0 Å². The highest BCUT2D eigenvalue weighted by Gasteiger charge is 2.26. The molecule has 4 rings (SSSR count). The molecule has 0 radical (unpaired) electrons. The maximum atomic E-state index is 12.9. The number of rotatable bonds is 9. The summed E-state index contributed by atoms with van der Waals surface area (Å²) in [5.41, 5.74) is 0.615. The second-order valence-electron chi connectivity index (χ2n) is 7.67. The number of ether oxygens (including phenoxy) is 2. The molecule has 0 atom stereocenters. The number of anilines is 3. The monoisotopic (exact) mass is 462 g/mol. The highest BCUT2D eigenvalue weighted by molar-refractivity contribution is 7.89. The summed E-state index contributed by atoms with van der Waals surface area (Å²) in [4.78, 5) is 11.4. The summed E-state index contributed by atoms with van der Waals surface area (Å²) in [5, 5.41) is 6.44. The zero-order valence-corrected chi connectivity index (χ0v) is 18.9. The van der Waals surface area contributed by atoms with Crippen LogP contribution < -0.4 is 10.6 Å². The van der Waals surface area contributed by atoms with Crippen molar-refractivity contribution in [1.29, 1.82) is 0 Å². The Morgan fingerprint density at radius 1 is 1.00 bits per heavy atom. The first kappa shape index (κ1) is 22.9. The second kappa shape index (κ2) is 11.0. The lowest BCUT2D eigenvalue weighted by Crippen LogP contribution is -2.40. The predicted molar refractivity (Wildman–Crippen MR) is 122 cm³/mol. The molecule has 0 aliphatic carbocycles. The minimum Gasteiger partial charge on any atom is -0.379 e. The lowest BCUT2D eigenvalue weighted by atomic mass is 10.3. The fourth-order valence-corrected chi connectivity index (χ4v) is 5.12. The van der Waals surface area contributed by atoms with Gasteiger partial charge in [-0.15, -0.1) is 0 Å². The lowest BCUT2D eigenvalue weighted by molar-refractivity contribution is 0.0378. The van der Waals surface area contributed by atoms with Crippen molar-refractivity contribution in [2.75, 3.05) is 76.3 Å². The van der Waals surface area contributed by atoms with Crippen molar-refractivity contribution in [2.24, 2.45) is 0 Å². The Labute approximate surface area is 189 Å². The fraction of sp³-hybridized carbons (Fsp3) is 0.524. The van der Waals surface area contributed by atoms with Gasteiger partial charge >= 0.3 is 0 Å². The molecule has 32 heavy (non-hydrogen) atoms. The molecule has 1 aromatic carbocycles. The van der Waals surface area contributed by atoms with Gasteiger partial charge in [0.15, 0.2) is 0 Å².